The van der Waals surface area contributed by atoms with Gasteiger partial charge in [0.2, 0.25) is 0 Å². The van der Waals surface area contributed by atoms with Crippen molar-refractivity contribution >= 4 is 24.8 Å². The van der Waals surface area contributed by atoms with E-state index in [1.165, 1.54) is 12.1 Å². The van der Waals surface area contributed by atoms with Gasteiger partial charge in [-0.25, -0.2) is 0 Å². The zero-order valence-corrected chi connectivity index (χ0v) is 12.9. The quantitative estimate of drug-likeness (QED) is 0.875. The number of alkyl halides is 3. The number of nitrogens with zero attached hydrogens (tertiary/aromatic N) is 1. The summed E-state index contributed by atoms with van der Waals surface area (Å²) in [7, 11) is 0. The number of aliphatic hydroxyl groups is 1. The minimum Gasteiger partial charge on any atom is -0.462 e. The molecule has 2 heterocycles. The molecule has 1 aliphatic heterocycles. The maximum absolute atomic E-state index is 12.7. The fourth-order valence-electron chi connectivity index (χ4n) is 2.28. The maximum atomic E-state index is 12.7. The summed E-state index contributed by atoms with van der Waals surface area (Å²) in [5.74, 6) is 0.556. The van der Waals surface area contributed by atoms with Crippen LogP contribution in [-0.2, 0) is 6.61 Å². The highest BCUT2D eigenvalue weighted by Crippen LogP contribution is 2.34. The first-order chi connectivity index (χ1) is 8.99. The molecule has 1 aromatic heterocycles. The topological polar surface area (TPSA) is 48.6 Å². The average molecular weight is 351 g/mol. The maximum Gasteiger partial charge on any atom is 0.391 e. The Kier molecular flexibility index (Phi) is 8.65. The summed E-state index contributed by atoms with van der Waals surface area (Å²) in [6, 6.07) is 2.22. The molecule has 124 valence electrons. The van der Waals surface area contributed by atoms with E-state index in [1.54, 1.807) is 4.90 Å². The Hall–Kier alpha value is -0.470. The standard InChI is InChI=1S/C12H17F3N2O2.2ClH/c13-12(14,15)7-10(17-5-3-16-4-6-17)11-2-1-9(8-18)19-11;;/h1-2,10,16,18H,3-8H2;2*1H/t10-;;/m1../s1. The zero-order valence-electron chi connectivity index (χ0n) is 11.2. The Bertz CT molecular complexity index is 409. The molecule has 0 spiro atoms. The Labute approximate surface area is 133 Å². The SMILES string of the molecule is Cl.Cl.OCc1ccc([C@@H](CC(F)(F)F)N2CCNCC2)o1. The van der Waals surface area contributed by atoms with Gasteiger partial charge in [-0.3, -0.25) is 4.90 Å². The number of aliphatic hydroxyl groups excluding tert-OH is 1. The number of piperazine rings is 1. The molecule has 2 rings (SSSR count). The van der Waals surface area contributed by atoms with E-state index in [0.717, 1.165) is 0 Å². The smallest absolute Gasteiger partial charge is 0.391 e. The van der Waals surface area contributed by atoms with Crippen molar-refractivity contribution < 1.29 is 22.7 Å². The molecule has 0 amide bonds. The van der Waals surface area contributed by atoms with Gasteiger partial charge in [0, 0.05) is 26.2 Å². The number of hydrogen-bond acceptors (Lipinski definition) is 4. The Morgan fingerprint density at radius 1 is 1.24 bits per heavy atom. The lowest BCUT2D eigenvalue weighted by Gasteiger charge is -2.34. The van der Waals surface area contributed by atoms with Gasteiger partial charge in [-0.15, -0.1) is 24.8 Å². The van der Waals surface area contributed by atoms with E-state index in [2.05, 4.69) is 5.32 Å². The average Bonchev–Trinajstić information content (AvgIpc) is 2.84. The minimum absolute atomic E-state index is 0. The van der Waals surface area contributed by atoms with Crippen LogP contribution in [-0.4, -0.2) is 42.4 Å². The molecule has 1 atom stereocenters. The van der Waals surface area contributed by atoms with Gasteiger partial charge in [-0.05, 0) is 12.1 Å². The predicted octanol–water partition coefficient (Wildman–Crippen LogP) is 2.51. The highest BCUT2D eigenvalue weighted by Gasteiger charge is 2.37. The summed E-state index contributed by atoms with van der Waals surface area (Å²) in [6.45, 7) is 2.13. The molecule has 2 N–H and O–H groups in total. The third kappa shape index (κ3) is 6.04. The number of hydrogen-bond donors (Lipinski definition) is 2. The Balaban J connectivity index is 0.00000200. The predicted molar refractivity (Wildman–Crippen MR) is 77.0 cm³/mol. The molecular weight excluding hydrogens is 332 g/mol. The van der Waals surface area contributed by atoms with Crippen molar-refractivity contribution in [3.8, 4) is 0 Å². The van der Waals surface area contributed by atoms with E-state index in [-0.39, 0.29) is 42.9 Å². The van der Waals surface area contributed by atoms with Crippen LogP contribution in [0.4, 0.5) is 13.2 Å². The third-order valence-electron chi connectivity index (χ3n) is 3.18. The van der Waals surface area contributed by atoms with E-state index in [4.69, 9.17) is 9.52 Å². The number of nitrogens with one attached hydrogen (secondary N) is 1. The lowest BCUT2D eigenvalue weighted by molar-refractivity contribution is -0.150. The molecule has 0 saturated carbocycles. The summed E-state index contributed by atoms with van der Waals surface area (Å²) in [4.78, 5) is 1.77. The molecule has 1 saturated heterocycles. The second-order valence-electron chi connectivity index (χ2n) is 4.58. The van der Waals surface area contributed by atoms with Crippen molar-refractivity contribution in [1.29, 1.82) is 0 Å². The first kappa shape index (κ1) is 20.5. The Morgan fingerprint density at radius 2 is 1.86 bits per heavy atom. The van der Waals surface area contributed by atoms with Crippen molar-refractivity contribution in [2.24, 2.45) is 0 Å². The monoisotopic (exact) mass is 350 g/mol. The molecule has 0 radical (unpaired) electrons. The molecule has 1 aromatic rings. The van der Waals surface area contributed by atoms with Crippen LogP contribution < -0.4 is 5.32 Å². The van der Waals surface area contributed by atoms with Crippen LogP contribution in [0.5, 0.6) is 0 Å². The highest BCUT2D eigenvalue weighted by atomic mass is 35.5. The molecule has 0 unspecified atom stereocenters. The van der Waals surface area contributed by atoms with Crippen molar-refractivity contribution in [3.63, 3.8) is 0 Å². The zero-order chi connectivity index (χ0) is 13.9. The van der Waals surface area contributed by atoms with Crippen molar-refractivity contribution in [1.82, 2.24) is 10.2 Å². The van der Waals surface area contributed by atoms with Gasteiger partial charge in [-0.2, -0.15) is 13.2 Å². The van der Waals surface area contributed by atoms with Crippen LogP contribution in [0.2, 0.25) is 0 Å². The van der Waals surface area contributed by atoms with E-state index in [1.807, 2.05) is 0 Å². The normalized spacial score (nSPS) is 17.7. The molecule has 1 fully saturated rings. The van der Waals surface area contributed by atoms with Gasteiger partial charge >= 0.3 is 6.18 Å². The van der Waals surface area contributed by atoms with Gasteiger partial charge in [0.1, 0.15) is 18.1 Å². The van der Waals surface area contributed by atoms with Crippen LogP contribution >= 0.6 is 24.8 Å². The molecule has 0 bridgehead atoms. The summed E-state index contributed by atoms with van der Waals surface area (Å²) in [5, 5.41) is 12.0. The molecular formula is C12H19Cl2F3N2O2. The number of halogens is 5. The molecule has 1 aliphatic rings. The summed E-state index contributed by atoms with van der Waals surface area (Å²) in [5.41, 5.74) is 0. The van der Waals surface area contributed by atoms with Crippen molar-refractivity contribution in [2.75, 3.05) is 26.2 Å². The Morgan fingerprint density at radius 3 is 2.33 bits per heavy atom. The van der Waals surface area contributed by atoms with Crippen LogP contribution in [0.1, 0.15) is 24.0 Å². The highest BCUT2D eigenvalue weighted by molar-refractivity contribution is 5.85. The van der Waals surface area contributed by atoms with Gasteiger partial charge in [-0.1, -0.05) is 0 Å². The number of rotatable bonds is 4. The van der Waals surface area contributed by atoms with Crippen molar-refractivity contribution in [3.05, 3.63) is 23.7 Å². The molecule has 9 heteroatoms. The lowest BCUT2D eigenvalue weighted by atomic mass is 10.1. The third-order valence-corrected chi connectivity index (χ3v) is 3.18. The second kappa shape index (κ2) is 8.85. The van der Waals surface area contributed by atoms with E-state index in [0.29, 0.717) is 26.2 Å². The largest absolute Gasteiger partial charge is 0.462 e. The van der Waals surface area contributed by atoms with E-state index < -0.39 is 18.6 Å². The van der Waals surface area contributed by atoms with Crippen LogP contribution in [0.15, 0.2) is 16.5 Å². The first-order valence-electron chi connectivity index (χ1n) is 6.20. The first-order valence-corrected chi connectivity index (χ1v) is 6.20. The van der Waals surface area contributed by atoms with Crippen LogP contribution in [0.25, 0.3) is 0 Å². The molecule has 4 nitrogen and oxygen atoms in total. The van der Waals surface area contributed by atoms with Crippen LogP contribution in [0.3, 0.4) is 0 Å². The lowest BCUT2D eigenvalue weighted by Crippen LogP contribution is -2.46. The van der Waals surface area contributed by atoms with Gasteiger partial charge in [0.05, 0.1) is 12.5 Å². The molecule has 0 aliphatic carbocycles. The minimum atomic E-state index is -4.25. The van der Waals surface area contributed by atoms with Gasteiger partial charge in [0.25, 0.3) is 0 Å². The number of furan rings is 1. The fraction of sp³-hybridized carbons (Fsp3) is 0.667. The van der Waals surface area contributed by atoms with E-state index in [9.17, 15) is 13.2 Å². The summed E-state index contributed by atoms with van der Waals surface area (Å²) >= 11 is 0. The van der Waals surface area contributed by atoms with Crippen molar-refractivity contribution in [2.45, 2.75) is 25.2 Å². The van der Waals surface area contributed by atoms with Gasteiger partial charge < -0.3 is 14.8 Å². The second-order valence-corrected chi connectivity index (χ2v) is 4.58. The molecule has 0 aromatic carbocycles. The van der Waals surface area contributed by atoms with Gasteiger partial charge in [0.15, 0.2) is 0 Å². The summed E-state index contributed by atoms with van der Waals surface area (Å²) < 4.78 is 43.4. The van der Waals surface area contributed by atoms with E-state index >= 15 is 0 Å². The molecule has 21 heavy (non-hydrogen) atoms. The van der Waals surface area contributed by atoms with Crippen LogP contribution in [0, 0.1) is 0 Å². The summed E-state index contributed by atoms with van der Waals surface area (Å²) in [6.07, 6.45) is -5.19. The fourth-order valence-corrected chi connectivity index (χ4v) is 2.28.